The molecule has 4 rings (SSSR count). The summed E-state index contributed by atoms with van der Waals surface area (Å²) in [4.78, 5) is 27.4. The molecule has 4 heterocycles. The Labute approximate surface area is 149 Å². The number of hydrogen-bond donors (Lipinski definition) is 1. The maximum absolute atomic E-state index is 12.3. The van der Waals surface area contributed by atoms with Gasteiger partial charge in [-0.3, -0.25) is 9.78 Å². The SMILES string of the molecule is Cc1csc2c(N3CCC(NC(=O)c4ccncc4)CC3)ncnc12. The number of hydrogen-bond acceptors (Lipinski definition) is 6. The first-order valence-electron chi connectivity index (χ1n) is 8.37. The number of piperidine rings is 1. The predicted octanol–water partition coefficient (Wildman–Crippen LogP) is 2.79. The van der Waals surface area contributed by atoms with Crippen LogP contribution < -0.4 is 10.2 Å². The lowest BCUT2D eigenvalue weighted by molar-refractivity contribution is 0.0931. The van der Waals surface area contributed by atoms with E-state index in [1.807, 2.05) is 0 Å². The summed E-state index contributed by atoms with van der Waals surface area (Å²) in [5, 5.41) is 5.25. The van der Waals surface area contributed by atoms with Gasteiger partial charge >= 0.3 is 0 Å². The summed E-state index contributed by atoms with van der Waals surface area (Å²) in [6.45, 7) is 3.84. The van der Waals surface area contributed by atoms with E-state index in [2.05, 4.69) is 37.5 Å². The van der Waals surface area contributed by atoms with E-state index >= 15 is 0 Å². The summed E-state index contributed by atoms with van der Waals surface area (Å²) in [6, 6.07) is 3.67. The minimum Gasteiger partial charge on any atom is -0.355 e. The van der Waals surface area contributed by atoms with E-state index in [4.69, 9.17) is 0 Å². The molecule has 0 bridgehead atoms. The maximum atomic E-state index is 12.3. The van der Waals surface area contributed by atoms with E-state index in [0.717, 1.165) is 42.0 Å². The number of pyridine rings is 1. The van der Waals surface area contributed by atoms with Crippen molar-refractivity contribution in [2.24, 2.45) is 0 Å². The number of carbonyl (C=O) groups excluding carboxylic acids is 1. The molecule has 25 heavy (non-hydrogen) atoms. The van der Waals surface area contributed by atoms with Gasteiger partial charge in [0.15, 0.2) is 0 Å². The Hall–Kier alpha value is -2.54. The molecule has 0 unspecified atom stereocenters. The van der Waals surface area contributed by atoms with Gasteiger partial charge in [-0.25, -0.2) is 9.97 Å². The molecular formula is C18H19N5OS. The van der Waals surface area contributed by atoms with Crippen LogP contribution in [0.4, 0.5) is 5.82 Å². The van der Waals surface area contributed by atoms with Gasteiger partial charge in [0, 0.05) is 37.1 Å². The third-order valence-electron chi connectivity index (χ3n) is 4.58. The first-order valence-corrected chi connectivity index (χ1v) is 9.25. The molecule has 0 radical (unpaired) electrons. The second-order valence-corrected chi connectivity index (χ2v) is 7.14. The van der Waals surface area contributed by atoms with Crippen molar-refractivity contribution in [3.8, 4) is 0 Å². The Balaban J connectivity index is 1.42. The summed E-state index contributed by atoms with van der Waals surface area (Å²) in [7, 11) is 0. The highest BCUT2D eigenvalue weighted by Gasteiger charge is 2.23. The minimum atomic E-state index is -0.0286. The number of rotatable bonds is 3. The number of anilines is 1. The fourth-order valence-electron chi connectivity index (χ4n) is 3.19. The van der Waals surface area contributed by atoms with Crippen molar-refractivity contribution in [2.75, 3.05) is 18.0 Å². The number of aromatic nitrogens is 3. The van der Waals surface area contributed by atoms with Crippen molar-refractivity contribution in [3.05, 3.63) is 47.4 Å². The average Bonchev–Trinajstić information content (AvgIpc) is 3.04. The van der Waals surface area contributed by atoms with Crippen LogP contribution in [0.5, 0.6) is 0 Å². The molecule has 1 N–H and O–H groups in total. The molecule has 128 valence electrons. The lowest BCUT2D eigenvalue weighted by atomic mass is 10.0. The van der Waals surface area contributed by atoms with Crippen molar-refractivity contribution in [2.45, 2.75) is 25.8 Å². The standard InChI is InChI=1S/C18H19N5OS/c1-12-10-25-16-15(12)20-11-21-17(16)23-8-4-14(5-9-23)22-18(24)13-2-6-19-7-3-13/h2-3,6-7,10-11,14H,4-5,8-9H2,1H3,(H,22,24). The zero-order valence-electron chi connectivity index (χ0n) is 14.0. The molecule has 1 aliphatic heterocycles. The molecule has 0 aromatic carbocycles. The van der Waals surface area contributed by atoms with E-state index in [1.54, 1.807) is 42.2 Å². The Morgan fingerprint density at radius 1 is 1.24 bits per heavy atom. The van der Waals surface area contributed by atoms with E-state index < -0.39 is 0 Å². The summed E-state index contributed by atoms with van der Waals surface area (Å²) in [5.74, 6) is 0.987. The average molecular weight is 353 g/mol. The van der Waals surface area contributed by atoms with Gasteiger partial charge in [0.2, 0.25) is 0 Å². The second-order valence-electron chi connectivity index (χ2n) is 6.26. The van der Waals surface area contributed by atoms with Crippen LogP contribution in [-0.2, 0) is 0 Å². The topological polar surface area (TPSA) is 71.0 Å². The van der Waals surface area contributed by atoms with Crippen molar-refractivity contribution in [1.29, 1.82) is 0 Å². The number of amides is 1. The molecular weight excluding hydrogens is 334 g/mol. The molecule has 0 atom stereocenters. The second kappa shape index (κ2) is 6.76. The number of thiophene rings is 1. The van der Waals surface area contributed by atoms with E-state index in [-0.39, 0.29) is 11.9 Å². The Bertz CT molecular complexity index is 887. The predicted molar refractivity (Wildman–Crippen MR) is 99.1 cm³/mol. The van der Waals surface area contributed by atoms with E-state index in [1.165, 1.54) is 5.56 Å². The zero-order chi connectivity index (χ0) is 17.2. The molecule has 1 fully saturated rings. The van der Waals surface area contributed by atoms with Crippen LogP contribution >= 0.6 is 11.3 Å². The largest absolute Gasteiger partial charge is 0.355 e. The molecule has 7 heteroatoms. The van der Waals surface area contributed by atoms with Crippen molar-refractivity contribution in [3.63, 3.8) is 0 Å². The molecule has 3 aromatic heterocycles. The molecule has 1 aliphatic rings. The molecule has 1 saturated heterocycles. The Morgan fingerprint density at radius 3 is 2.76 bits per heavy atom. The van der Waals surface area contributed by atoms with Crippen LogP contribution in [0.15, 0.2) is 36.2 Å². The Kier molecular flexibility index (Phi) is 4.31. The first kappa shape index (κ1) is 16.0. The fourth-order valence-corrected chi connectivity index (χ4v) is 4.21. The van der Waals surface area contributed by atoms with Gasteiger partial charge in [0.25, 0.3) is 5.91 Å². The fraction of sp³-hybridized carbons (Fsp3) is 0.333. The number of fused-ring (bicyclic) bond motifs is 1. The highest BCUT2D eigenvalue weighted by molar-refractivity contribution is 7.18. The molecule has 0 saturated carbocycles. The normalized spacial score (nSPS) is 15.5. The van der Waals surface area contributed by atoms with Gasteiger partial charge in [-0.1, -0.05) is 0 Å². The van der Waals surface area contributed by atoms with Crippen LogP contribution in [0, 0.1) is 6.92 Å². The number of carbonyl (C=O) groups is 1. The van der Waals surface area contributed by atoms with E-state index in [9.17, 15) is 4.79 Å². The third kappa shape index (κ3) is 3.19. The number of nitrogens with one attached hydrogen (secondary N) is 1. The smallest absolute Gasteiger partial charge is 0.251 e. The Morgan fingerprint density at radius 2 is 2.00 bits per heavy atom. The lowest BCUT2D eigenvalue weighted by Crippen LogP contribution is -2.45. The van der Waals surface area contributed by atoms with Crippen molar-refractivity contribution in [1.82, 2.24) is 20.3 Å². The van der Waals surface area contributed by atoms with Gasteiger partial charge < -0.3 is 10.2 Å². The summed E-state index contributed by atoms with van der Waals surface area (Å²) in [5.41, 5.74) is 2.90. The quantitative estimate of drug-likeness (QED) is 0.784. The molecule has 3 aromatic rings. The van der Waals surface area contributed by atoms with Gasteiger partial charge in [-0.2, -0.15) is 0 Å². The maximum Gasteiger partial charge on any atom is 0.251 e. The van der Waals surface area contributed by atoms with Crippen LogP contribution in [-0.4, -0.2) is 40.0 Å². The summed E-state index contributed by atoms with van der Waals surface area (Å²) >= 11 is 1.70. The summed E-state index contributed by atoms with van der Waals surface area (Å²) < 4.78 is 1.15. The molecule has 6 nitrogen and oxygen atoms in total. The lowest BCUT2D eigenvalue weighted by Gasteiger charge is -2.33. The van der Waals surface area contributed by atoms with Gasteiger partial charge in [0.1, 0.15) is 12.1 Å². The van der Waals surface area contributed by atoms with E-state index in [0.29, 0.717) is 5.56 Å². The molecule has 0 aliphatic carbocycles. The monoisotopic (exact) mass is 353 g/mol. The number of nitrogens with zero attached hydrogens (tertiary/aromatic N) is 4. The van der Waals surface area contributed by atoms with Crippen LogP contribution in [0.3, 0.4) is 0 Å². The van der Waals surface area contributed by atoms with Crippen LogP contribution in [0.25, 0.3) is 10.2 Å². The van der Waals surface area contributed by atoms with Crippen molar-refractivity contribution < 1.29 is 4.79 Å². The van der Waals surface area contributed by atoms with Gasteiger partial charge in [0.05, 0.1) is 10.2 Å². The van der Waals surface area contributed by atoms with Crippen molar-refractivity contribution >= 4 is 33.3 Å². The number of aryl methyl sites for hydroxylation is 1. The van der Waals surface area contributed by atoms with Gasteiger partial charge in [-0.15, -0.1) is 11.3 Å². The molecule has 1 amide bonds. The third-order valence-corrected chi connectivity index (χ3v) is 5.67. The highest BCUT2D eigenvalue weighted by Crippen LogP contribution is 2.32. The highest BCUT2D eigenvalue weighted by atomic mass is 32.1. The molecule has 0 spiro atoms. The van der Waals surface area contributed by atoms with Crippen LogP contribution in [0.1, 0.15) is 28.8 Å². The summed E-state index contributed by atoms with van der Waals surface area (Å²) in [6.07, 6.45) is 6.75. The van der Waals surface area contributed by atoms with Gasteiger partial charge in [-0.05, 0) is 42.8 Å². The zero-order valence-corrected chi connectivity index (χ0v) is 14.8. The minimum absolute atomic E-state index is 0.0286. The first-order chi connectivity index (χ1) is 12.2. The van der Waals surface area contributed by atoms with Crippen LogP contribution in [0.2, 0.25) is 0 Å².